The highest BCUT2D eigenvalue weighted by Gasteiger charge is 2.33. The quantitative estimate of drug-likeness (QED) is 0.847. The van der Waals surface area contributed by atoms with Crippen LogP contribution in [0.25, 0.3) is 0 Å². The number of methoxy groups -OCH3 is 1. The average molecular weight is 320 g/mol. The molecule has 0 aliphatic rings. The molecular formula is C13H15F3N2O4. The predicted octanol–water partition coefficient (Wildman–Crippen LogP) is 3.23. The van der Waals surface area contributed by atoms with Gasteiger partial charge in [-0.2, -0.15) is 13.2 Å². The Morgan fingerprint density at radius 1 is 1.23 bits per heavy atom. The van der Waals surface area contributed by atoms with E-state index < -0.39 is 40.8 Å². The fraction of sp³-hybridized carbons (Fsp3) is 0.462. The number of nitrogens with one attached hydrogen (secondary N) is 1. The van der Waals surface area contributed by atoms with E-state index in [0.29, 0.717) is 12.3 Å². The molecule has 0 aliphatic heterocycles. The third kappa shape index (κ3) is 4.90. The second-order valence-electron chi connectivity index (χ2n) is 5.24. The summed E-state index contributed by atoms with van der Waals surface area (Å²) < 4.78 is 47.4. The van der Waals surface area contributed by atoms with Crippen LogP contribution in [-0.4, -0.2) is 29.8 Å². The maximum atomic E-state index is 12.7. The first kappa shape index (κ1) is 17.7. The molecule has 22 heavy (non-hydrogen) atoms. The molecule has 0 aliphatic carbocycles. The summed E-state index contributed by atoms with van der Waals surface area (Å²) in [7, 11) is 1.04. The molecule has 0 fully saturated rings. The van der Waals surface area contributed by atoms with Gasteiger partial charge in [0, 0.05) is 6.20 Å². The Labute approximate surface area is 124 Å². The van der Waals surface area contributed by atoms with Gasteiger partial charge >= 0.3 is 18.2 Å². The summed E-state index contributed by atoms with van der Waals surface area (Å²) in [6, 6.07) is 0.586. The first-order chi connectivity index (χ1) is 9.94. The van der Waals surface area contributed by atoms with Crippen molar-refractivity contribution >= 4 is 17.7 Å². The topological polar surface area (TPSA) is 77.5 Å². The fourth-order valence-corrected chi connectivity index (χ4v) is 1.39. The van der Waals surface area contributed by atoms with Crippen LogP contribution in [-0.2, 0) is 15.7 Å². The van der Waals surface area contributed by atoms with Gasteiger partial charge in [0.1, 0.15) is 5.60 Å². The number of ether oxygens (including phenoxy) is 2. The van der Waals surface area contributed by atoms with Crippen LogP contribution in [0.5, 0.6) is 0 Å². The van der Waals surface area contributed by atoms with Crippen LogP contribution in [0.1, 0.15) is 36.8 Å². The average Bonchev–Trinajstić information content (AvgIpc) is 2.34. The Kier molecular flexibility index (Phi) is 5.00. The Morgan fingerprint density at radius 3 is 2.27 bits per heavy atom. The van der Waals surface area contributed by atoms with E-state index >= 15 is 0 Å². The van der Waals surface area contributed by atoms with Crippen molar-refractivity contribution in [2.45, 2.75) is 32.5 Å². The molecule has 0 saturated heterocycles. The van der Waals surface area contributed by atoms with Gasteiger partial charge in [0.2, 0.25) is 0 Å². The van der Waals surface area contributed by atoms with Crippen molar-refractivity contribution in [1.82, 2.24) is 4.98 Å². The van der Waals surface area contributed by atoms with Crippen LogP contribution in [0, 0.1) is 0 Å². The van der Waals surface area contributed by atoms with Crippen molar-refractivity contribution in [2.24, 2.45) is 0 Å². The van der Waals surface area contributed by atoms with Crippen LogP contribution in [0.3, 0.4) is 0 Å². The van der Waals surface area contributed by atoms with E-state index in [-0.39, 0.29) is 0 Å². The van der Waals surface area contributed by atoms with Gasteiger partial charge in [0.05, 0.1) is 18.4 Å². The van der Waals surface area contributed by atoms with E-state index in [1.807, 2.05) is 0 Å². The molecular weight excluding hydrogens is 305 g/mol. The zero-order chi connectivity index (χ0) is 17.1. The predicted molar refractivity (Wildman–Crippen MR) is 70.4 cm³/mol. The molecule has 0 aromatic carbocycles. The molecule has 0 bridgehead atoms. The molecule has 1 aromatic rings. The number of alkyl halides is 3. The number of hydrogen-bond acceptors (Lipinski definition) is 5. The highest BCUT2D eigenvalue weighted by atomic mass is 19.4. The second-order valence-corrected chi connectivity index (χ2v) is 5.24. The van der Waals surface area contributed by atoms with Crippen molar-refractivity contribution in [3.8, 4) is 0 Å². The lowest BCUT2D eigenvalue weighted by atomic mass is 10.2. The first-order valence-corrected chi connectivity index (χ1v) is 6.09. The molecule has 0 saturated carbocycles. The van der Waals surface area contributed by atoms with Gasteiger partial charge in [-0.05, 0) is 26.8 Å². The van der Waals surface area contributed by atoms with E-state index in [0.717, 1.165) is 7.11 Å². The summed E-state index contributed by atoms with van der Waals surface area (Å²) in [5.74, 6) is -0.986. The molecule has 0 atom stereocenters. The Hall–Kier alpha value is -2.32. The molecule has 0 unspecified atom stereocenters. The van der Waals surface area contributed by atoms with Crippen LogP contribution in [0.2, 0.25) is 0 Å². The zero-order valence-electron chi connectivity index (χ0n) is 12.4. The third-order valence-electron chi connectivity index (χ3n) is 2.23. The van der Waals surface area contributed by atoms with E-state index in [9.17, 15) is 22.8 Å². The van der Waals surface area contributed by atoms with Crippen LogP contribution < -0.4 is 5.32 Å². The lowest BCUT2D eigenvalue weighted by Crippen LogP contribution is -2.28. The van der Waals surface area contributed by atoms with Gasteiger partial charge in [0.15, 0.2) is 5.69 Å². The van der Waals surface area contributed by atoms with Crippen molar-refractivity contribution in [3.63, 3.8) is 0 Å². The molecule has 6 nitrogen and oxygen atoms in total. The molecule has 0 spiro atoms. The molecule has 122 valence electrons. The number of aromatic nitrogens is 1. The molecule has 0 radical (unpaired) electrons. The largest absolute Gasteiger partial charge is 0.464 e. The number of carbonyl (C=O) groups excluding carboxylic acids is 2. The van der Waals surface area contributed by atoms with Crippen molar-refractivity contribution < 1.29 is 32.2 Å². The lowest BCUT2D eigenvalue weighted by Gasteiger charge is -2.20. The van der Waals surface area contributed by atoms with E-state index in [1.54, 1.807) is 20.8 Å². The highest BCUT2D eigenvalue weighted by molar-refractivity contribution is 5.98. The number of esters is 1. The number of amides is 1. The second kappa shape index (κ2) is 6.20. The minimum atomic E-state index is -4.67. The summed E-state index contributed by atoms with van der Waals surface area (Å²) in [5, 5.41) is 2.07. The SMILES string of the molecule is COC(=O)c1ncc(C(F)(F)F)cc1NC(=O)OC(C)(C)C. The van der Waals surface area contributed by atoms with E-state index in [2.05, 4.69) is 15.0 Å². The summed E-state index contributed by atoms with van der Waals surface area (Å²) in [6.45, 7) is 4.74. The molecule has 1 aromatic heterocycles. The molecule has 1 rings (SSSR count). The minimum absolute atomic E-state index is 0.448. The smallest absolute Gasteiger partial charge is 0.417 e. The number of halogens is 3. The zero-order valence-corrected chi connectivity index (χ0v) is 12.4. The van der Waals surface area contributed by atoms with Gasteiger partial charge in [-0.15, -0.1) is 0 Å². The van der Waals surface area contributed by atoms with Gasteiger partial charge in [-0.1, -0.05) is 0 Å². The first-order valence-electron chi connectivity index (χ1n) is 6.09. The number of rotatable bonds is 2. The Morgan fingerprint density at radius 2 is 1.82 bits per heavy atom. The standard InChI is InChI=1S/C13H15F3N2O4/c1-12(2,3)22-11(20)18-8-5-7(13(14,15)16)6-17-9(8)10(19)21-4/h5-6H,1-4H3,(H,18,20). The molecule has 1 heterocycles. The van der Waals surface area contributed by atoms with Crippen molar-refractivity contribution in [2.75, 3.05) is 12.4 Å². The number of pyridine rings is 1. The van der Waals surface area contributed by atoms with Crippen molar-refractivity contribution in [1.29, 1.82) is 0 Å². The number of anilines is 1. The molecule has 1 amide bonds. The summed E-state index contributed by atoms with van der Waals surface area (Å²) >= 11 is 0. The maximum Gasteiger partial charge on any atom is 0.417 e. The maximum absolute atomic E-state index is 12.7. The number of hydrogen-bond donors (Lipinski definition) is 1. The lowest BCUT2D eigenvalue weighted by molar-refractivity contribution is -0.137. The Bertz CT molecular complexity index is 580. The summed E-state index contributed by atoms with van der Waals surface area (Å²) in [5.41, 5.74) is -2.88. The van der Waals surface area contributed by atoms with E-state index in [4.69, 9.17) is 4.74 Å². The summed E-state index contributed by atoms with van der Waals surface area (Å²) in [4.78, 5) is 26.6. The monoisotopic (exact) mass is 320 g/mol. The third-order valence-corrected chi connectivity index (χ3v) is 2.23. The van der Waals surface area contributed by atoms with Crippen LogP contribution in [0.15, 0.2) is 12.3 Å². The van der Waals surface area contributed by atoms with Gasteiger partial charge in [-0.3, -0.25) is 5.32 Å². The highest BCUT2D eigenvalue weighted by Crippen LogP contribution is 2.31. The minimum Gasteiger partial charge on any atom is -0.464 e. The van der Waals surface area contributed by atoms with Crippen LogP contribution in [0.4, 0.5) is 23.7 Å². The molecule has 9 heteroatoms. The normalized spacial score (nSPS) is 11.8. The fourth-order valence-electron chi connectivity index (χ4n) is 1.39. The van der Waals surface area contributed by atoms with Gasteiger partial charge in [0.25, 0.3) is 0 Å². The number of nitrogens with zero attached hydrogens (tertiary/aromatic N) is 1. The Balaban J connectivity index is 3.17. The van der Waals surface area contributed by atoms with Gasteiger partial charge < -0.3 is 9.47 Å². The number of carbonyl (C=O) groups is 2. The van der Waals surface area contributed by atoms with Crippen LogP contribution >= 0.6 is 0 Å². The molecule has 1 N–H and O–H groups in total. The van der Waals surface area contributed by atoms with E-state index in [1.165, 1.54) is 0 Å². The summed E-state index contributed by atoms with van der Waals surface area (Å²) in [6.07, 6.45) is -5.21. The van der Waals surface area contributed by atoms with Gasteiger partial charge in [-0.25, -0.2) is 14.6 Å². The van der Waals surface area contributed by atoms with Crippen molar-refractivity contribution in [3.05, 3.63) is 23.5 Å².